The van der Waals surface area contributed by atoms with E-state index in [2.05, 4.69) is 0 Å². The topological polar surface area (TPSA) is 83.3 Å². The third-order valence-corrected chi connectivity index (χ3v) is 2.67. The van der Waals surface area contributed by atoms with Crippen LogP contribution in [0.1, 0.15) is 11.5 Å². The summed E-state index contributed by atoms with van der Waals surface area (Å²) in [6.07, 6.45) is 0. The molecule has 0 bridgehead atoms. The molecule has 6 heteroatoms. The molecular formula is C10H15N3O2S. The largest absolute Gasteiger partial charge is 0.464 e. The van der Waals surface area contributed by atoms with Gasteiger partial charge in [-0.1, -0.05) is 11.8 Å². The number of hydrogen-bond donors (Lipinski definition) is 2. The number of amidine groups is 1. The minimum Gasteiger partial charge on any atom is -0.464 e. The summed E-state index contributed by atoms with van der Waals surface area (Å²) < 4.78 is 5.36. The SMILES string of the molecule is Cc1ccc(CN(C)C(=O)CSC(=N)N)o1. The van der Waals surface area contributed by atoms with E-state index in [0.717, 1.165) is 23.3 Å². The van der Waals surface area contributed by atoms with Gasteiger partial charge < -0.3 is 15.1 Å². The molecule has 1 rings (SSSR count). The van der Waals surface area contributed by atoms with Crippen LogP contribution in [0.15, 0.2) is 16.5 Å². The Morgan fingerprint density at radius 2 is 2.31 bits per heavy atom. The number of aryl methyl sites for hydroxylation is 1. The first-order valence-electron chi connectivity index (χ1n) is 4.75. The number of nitrogens with one attached hydrogen (secondary N) is 1. The summed E-state index contributed by atoms with van der Waals surface area (Å²) in [7, 11) is 1.70. The molecule has 0 saturated heterocycles. The average Bonchev–Trinajstić information content (AvgIpc) is 2.60. The maximum Gasteiger partial charge on any atom is 0.233 e. The van der Waals surface area contributed by atoms with Gasteiger partial charge in [0.15, 0.2) is 5.17 Å². The molecule has 1 amide bonds. The predicted molar refractivity (Wildman–Crippen MR) is 64.3 cm³/mol. The molecule has 0 aromatic carbocycles. The zero-order valence-electron chi connectivity index (χ0n) is 9.32. The Morgan fingerprint density at radius 1 is 1.62 bits per heavy atom. The molecule has 0 spiro atoms. The van der Waals surface area contributed by atoms with Crippen molar-refractivity contribution in [3.8, 4) is 0 Å². The minimum absolute atomic E-state index is 0.0457. The average molecular weight is 241 g/mol. The molecule has 0 atom stereocenters. The number of thioether (sulfide) groups is 1. The fourth-order valence-electron chi connectivity index (χ4n) is 1.14. The molecule has 0 aliphatic carbocycles. The summed E-state index contributed by atoms with van der Waals surface area (Å²) in [6.45, 7) is 2.29. The molecule has 0 fully saturated rings. The quantitative estimate of drug-likeness (QED) is 0.612. The molecule has 0 saturated carbocycles. The number of carbonyl (C=O) groups is 1. The first-order valence-corrected chi connectivity index (χ1v) is 5.73. The number of hydrogen-bond acceptors (Lipinski definition) is 4. The number of carbonyl (C=O) groups excluding carboxylic acids is 1. The lowest BCUT2D eigenvalue weighted by atomic mass is 10.4. The molecule has 1 aromatic rings. The van der Waals surface area contributed by atoms with Crippen LogP contribution in [-0.4, -0.2) is 28.8 Å². The van der Waals surface area contributed by atoms with Gasteiger partial charge in [-0.25, -0.2) is 0 Å². The second-order valence-corrected chi connectivity index (χ2v) is 4.43. The van der Waals surface area contributed by atoms with Crippen LogP contribution >= 0.6 is 11.8 Å². The van der Waals surface area contributed by atoms with E-state index in [1.807, 2.05) is 19.1 Å². The predicted octanol–water partition coefficient (Wildman–Crippen LogP) is 1.17. The van der Waals surface area contributed by atoms with Crippen molar-refractivity contribution >= 4 is 22.8 Å². The summed E-state index contributed by atoms with van der Waals surface area (Å²) in [4.78, 5) is 13.1. The number of nitrogens with zero attached hydrogens (tertiary/aromatic N) is 1. The van der Waals surface area contributed by atoms with Crippen molar-refractivity contribution in [2.75, 3.05) is 12.8 Å². The normalized spacial score (nSPS) is 10.1. The summed E-state index contributed by atoms with van der Waals surface area (Å²) in [5.74, 6) is 1.69. The highest BCUT2D eigenvalue weighted by atomic mass is 32.2. The Morgan fingerprint density at radius 3 is 2.81 bits per heavy atom. The number of furan rings is 1. The molecular weight excluding hydrogens is 226 g/mol. The van der Waals surface area contributed by atoms with Crippen LogP contribution in [0.2, 0.25) is 0 Å². The van der Waals surface area contributed by atoms with Gasteiger partial charge in [-0.15, -0.1) is 0 Å². The van der Waals surface area contributed by atoms with E-state index in [4.69, 9.17) is 15.6 Å². The summed E-state index contributed by atoms with van der Waals surface area (Å²) in [6, 6.07) is 3.70. The summed E-state index contributed by atoms with van der Waals surface area (Å²) in [5.41, 5.74) is 5.15. The molecule has 1 heterocycles. The molecule has 0 aliphatic rings. The zero-order valence-corrected chi connectivity index (χ0v) is 10.1. The third-order valence-electron chi connectivity index (χ3n) is 1.97. The molecule has 1 aromatic heterocycles. The van der Waals surface area contributed by atoms with E-state index in [-0.39, 0.29) is 16.8 Å². The van der Waals surface area contributed by atoms with Gasteiger partial charge in [0.1, 0.15) is 11.5 Å². The highest BCUT2D eigenvalue weighted by Gasteiger charge is 2.11. The van der Waals surface area contributed by atoms with Crippen molar-refractivity contribution in [3.05, 3.63) is 23.7 Å². The van der Waals surface area contributed by atoms with Crippen LogP contribution in [-0.2, 0) is 11.3 Å². The van der Waals surface area contributed by atoms with Gasteiger partial charge in [-0.3, -0.25) is 10.2 Å². The lowest BCUT2D eigenvalue weighted by Crippen LogP contribution is -2.28. The number of nitrogens with two attached hydrogens (primary N) is 1. The first-order chi connectivity index (χ1) is 7.49. The van der Waals surface area contributed by atoms with E-state index in [9.17, 15) is 4.79 Å². The van der Waals surface area contributed by atoms with Gasteiger partial charge in [0, 0.05) is 7.05 Å². The van der Waals surface area contributed by atoms with Crippen molar-refractivity contribution < 1.29 is 9.21 Å². The van der Waals surface area contributed by atoms with Gasteiger partial charge in [-0.05, 0) is 19.1 Å². The lowest BCUT2D eigenvalue weighted by Gasteiger charge is -2.14. The first kappa shape index (κ1) is 12.6. The van der Waals surface area contributed by atoms with Crippen molar-refractivity contribution in [2.24, 2.45) is 5.73 Å². The van der Waals surface area contributed by atoms with E-state index in [1.165, 1.54) is 0 Å². The Kier molecular flexibility index (Phi) is 4.42. The van der Waals surface area contributed by atoms with Crippen molar-refractivity contribution in [3.63, 3.8) is 0 Å². The minimum atomic E-state index is -0.0748. The maximum atomic E-state index is 11.6. The van der Waals surface area contributed by atoms with Gasteiger partial charge in [0.2, 0.25) is 5.91 Å². The molecule has 0 unspecified atom stereocenters. The zero-order chi connectivity index (χ0) is 12.1. The van der Waals surface area contributed by atoms with Crippen LogP contribution in [0.4, 0.5) is 0 Å². The Bertz CT molecular complexity index is 389. The van der Waals surface area contributed by atoms with E-state index in [1.54, 1.807) is 11.9 Å². The van der Waals surface area contributed by atoms with Gasteiger partial charge in [-0.2, -0.15) is 0 Å². The van der Waals surface area contributed by atoms with E-state index >= 15 is 0 Å². The molecule has 0 radical (unpaired) electrons. The highest BCUT2D eigenvalue weighted by Crippen LogP contribution is 2.09. The van der Waals surface area contributed by atoms with Crippen molar-refractivity contribution in [1.29, 1.82) is 5.41 Å². The van der Waals surface area contributed by atoms with Gasteiger partial charge >= 0.3 is 0 Å². The molecule has 5 nitrogen and oxygen atoms in total. The second kappa shape index (κ2) is 5.60. The Balaban J connectivity index is 2.42. The Hall–Kier alpha value is -1.43. The fourth-order valence-corrected chi connectivity index (χ4v) is 1.64. The number of rotatable bonds is 4. The summed E-state index contributed by atoms with van der Waals surface area (Å²) >= 11 is 1.02. The number of amides is 1. The standard InChI is InChI=1S/C10H15N3O2S/c1-7-3-4-8(15-7)5-13(2)9(14)6-16-10(11)12/h3-4H,5-6H2,1-2H3,(H3,11,12). The highest BCUT2D eigenvalue weighted by molar-refractivity contribution is 8.14. The molecule has 16 heavy (non-hydrogen) atoms. The smallest absolute Gasteiger partial charge is 0.233 e. The van der Waals surface area contributed by atoms with Crippen molar-refractivity contribution in [2.45, 2.75) is 13.5 Å². The van der Waals surface area contributed by atoms with Crippen LogP contribution in [0.3, 0.4) is 0 Å². The monoisotopic (exact) mass is 241 g/mol. The Labute approximate surface area is 98.5 Å². The maximum absolute atomic E-state index is 11.6. The molecule has 3 N–H and O–H groups in total. The molecule has 88 valence electrons. The lowest BCUT2D eigenvalue weighted by molar-refractivity contribution is -0.127. The van der Waals surface area contributed by atoms with Gasteiger partial charge in [0.05, 0.1) is 12.3 Å². The van der Waals surface area contributed by atoms with Crippen LogP contribution in [0.5, 0.6) is 0 Å². The van der Waals surface area contributed by atoms with E-state index < -0.39 is 0 Å². The third kappa shape index (κ3) is 3.98. The van der Waals surface area contributed by atoms with Crippen LogP contribution < -0.4 is 5.73 Å². The molecule has 0 aliphatic heterocycles. The fraction of sp³-hybridized carbons (Fsp3) is 0.400. The van der Waals surface area contributed by atoms with E-state index in [0.29, 0.717) is 6.54 Å². The van der Waals surface area contributed by atoms with Crippen LogP contribution in [0.25, 0.3) is 0 Å². The summed E-state index contributed by atoms with van der Waals surface area (Å²) in [5, 5.41) is 6.96. The van der Waals surface area contributed by atoms with Crippen molar-refractivity contribution in [1.82, 2.24) is 4.90 Å². The second-order valence-electron chi connectivity index (χ2n) is 3.42. The van der Waals surface area contributed by atoms with Crippen LogP contribution in [0, 0.1) is 12.3 Å². The van der Waals surface area contributed by atoms with Gasteiger partial charge in [0.25, 0.3) is 0 Å².